The molecule has 14 heavy (non-hydrogen) atoms. The molecule has 0 saturated carbocycles. The molecule has 1 rings (SSSR count). The molecule has 0 spiro atoms. The minimum atomic E-state index is -0.622. The van der Waals surface area contributed by atoms with Crippen molar-refractivity contribution in [3.8, 4) is 0 Å². The minimum Gasteiger partial charge on any atom is -0.383 e. The van der Waals surface area contributed by atoms with Gasteiger partial charge in [0.05, 0.1) is 18.8 Å². The third-order valence-electron chi connectivity index (χ3n) is 1.69. The summed E-state index contributed by atoms with van der Waals surface area (Å²) in [6.07, 6.45) is 1.62. The van der Waals surface area contributed by atoms with Gasteiger partial charge in [0.25, 0.3) is 0 Å². The van der Waals surface area contributed by atoms with Gasteiger partial charge in [0.2, 0.25) is 5.91 Å². The van der Waals surface area contributed by atoms with Gasteiger partial charge in [-0.25, -0.2) is 0 Å². The fourth-order valence-electron chi connectivity index (χ4n) is 0.952. The van der Waals surface area contributed by atoms with Crippen LogP contribution in [0.5, 0.6) is 0 Å². The number of hydrogen-bond acceptors (Lipinski definition) is 4. The molecular formula is C8H14N4O2. The molecule has 6 nitrogen and oxygen atoms in total. The number of nitrogens with two attached hydrogens (primary N) is 1. The largest absolute Gasteiger partial charge is 0.383 e. The first-order valence-corrected chi connectivity index (χ1v) is 4.24. The third-order valence-corrected chi connectivity index (χ3v) is 1.69. The average molecular weight is 198 g/mol. The minimum absolute atomic E-state index is 0.217. The maximum atomic E-state index is 11.3. The van der Waals surface area contributed by atoms with Gasteiger partial charge < -0.3 is 15.8 Å². The molecule has 0 aliphatic carbocycles. The highest BCUT2D eigenvalue weighted by atomic mass is 16.5. The molecule has 1 aromatic heterocycles. The van der Waals surface area contributed by atoms with Crippen LogP contribution in [0.25, 0.3) is 0 Å². The van der Waals surface area contributed by atoms with Crippen LogP contribution in [-0.4, -0.2) is 35.9 Å². The van der Waals surface area contributed by atoms with Gasteiger partial charge in [-0.2, -0.15) is 5.10 Å². The summed E-state index contributed by atoms with van der Waals surface area (Å²) >= 11 is 0. The van der Waals surface area contributed by atoms with E-state index >= 15 is 0 Å². The van der Waals surface area contributed by atoms with Crippen LogP contribution in [0.2, 0.25) is 0 Å². The lowest BCUT2D eigenvalue weighted by atomic mass is 10.3. The van der Waals surface area contributed by atoms with Crippen LogP contribution in [-0.2, 0) is 16.1 Å². The fraction of sp³-hybridized carbons (Fsp3) is 0.500. The van der Waals surface area contributed by atoms with Crippen LogP contribution < -0.4 is 11.1 Å². The molecule has 1 unspecified atom stereocenters. The van der Waals surface area contributed by atoms with Crippen molar-refractivity contribution in [2.24, 2.45) is 5.73 Å². The van der Waals surface area contributed by atoms with E-state index in [1.807, 2.05) is 0 Å². The zero-order valence-electron chi connectivity index (χ0n) is 7.99. The molecule has 0 bridgehead atoms. The first kappa shape index (κ1) is 10.7. The standard InChI is InChI=1S/C8H14N4O2/c1-14-5-7(9)8(13)10-4-6-2-3-11-12-6/h2-3,7H,4-5,9H2,1H3,(H,10,13)(H,11,12). The Bertz CT molecular complexity index is 273. The summed E-state index contributed by atoms with van der Waals surface area (Å²) in [4.78, 5) is 11.3. The van der Waals surface area contributed by atoms with Crippen molar-refractivity contribution in [3.63, 3.8) is 0 Å². The van der Waals surface area contributed by atoms with E-state index in [-0.39, 0.29) is 12.5 Å². The van der Waals surface area contributed by atoms with E-state index in [2.05, 4.69) is 15.5 Å². The number of carbonyl (C=O) groups excluding carboxylic acids is 1. The van der Waals surface area contributed by atoms with E-state index in [1.165, 1.54) is 7.11 Å². The van der Waals surface area contributed by atoms with Gasteiger partial charge >= 0.3 is 0 Å². The van der Waals surface area contributed by atoms with E-state index < -0.39 is 6.04 Å². The highest BCUT2D eigenvalue weighted by molar-refractivity contribution is 5.81. The van der Waals surface area contributed by atoms with E-state index in [0.29, 0.717) is 6.54 Å². The van der Waals surface area contributed by atoms with Gasteiger partial charge in [-0.3, -0.25) is 9.89 Å². The predicted molar refractivity (Wildman–Crippen MR) is 50.3 cm³/mol. The zero-order valence-corrected chi connectivity index (χ0v) is 7.99. The first-order chi connectivity index (χ1) is 6.74. The number of carbonyl (C=O) groups is 1. The molecular weight excluding hydrogens is 184 g/mol. The van der Waals surface area contributed by atoms with Crippen molar-refractivity contribution in [1.29, 1.82) is 0 Å². The van der Waals surface area contributed by atoms with Crippen molar-refractivity contribution < 1.29 is 9.53 Å². The molecule has 1 atom stereocenters. The normalized spacial score (nSPS) is 12.4. The Morgan fingerprint density at radius 1 is 1.86 bits per heavy atom. The average Bonchev–Trinajstić information content (AvgIpc) is 2.67. The second-order valence-electron chi connectivity index (χ2n) is 2.86. The van der Waals surface area contributed by atoms with Crippen LogP contribution >= 0.6 is 0 Å². The van der Waals surface area contributed by atoms with Gasteiger partial charge in [-0.15, -0.1) is 0 Å². The molecule has 0 aliphatic heterocycles. The number of aromatic nitrogens is 2. The van der Waals surface area contributed by atoms with E-state index in [0.717, 1.165) is 5.69 Å². The lowest BCUT2D eigenvalue weighted by Crippen LogP contribution is -2.43. The number of H-pyrrole nitrogens is 1. The first-order valence-electron chi connectivity index (χ1n) is 4.24. The second-order valence-corrected chi connectivity index (χ2v) is 2.86. The molecule has 0 fully saturated rings. The summed E-state index contributed by atoms with van der Waals surface area (Å²) in [5.74, 6) is -0.235. The van der Waals surface area contributed by atoms with Crippen molar-refractivity contribution in [2.75, 3.05) is 13.7 Å². The molecule has 78 valence electrons. The van der Waals surface area contributed by atoms with Crippen molar-refractivity contribution in [1.82, 2.24) is 15.5 Å². The Kier molecular flexibility index (Phi) is 4.09. The van der Waals surface area contributed by atoms with E-state index in [1.54, 1.807) is 12.3 Å². The molecule has 1 amide bonds. The highest BCUT2D eigenvalue weighted by Crippen LogP contribution is 1.90. The molecule has 1 aromatic rings. The number of ether oxygens (including phenoxy) is 1. The highest BCUT2D eigenvalue weighted by Gasteiger charge is 2.12. The Hall–Kier alpha value is -1.40. The zero-order chi connectivity index (χ0) is 10.4. The summed E-state index contributed by atoms with van der Waals surface area (Å²) in [6, 6.07) is 1.16. The molecule has 0 aliphatic rings. The SMILES string of the molecule is COCC(N)C(=O)NCc1ccn[nH]1. The molecule has 0 radical (unpaired) electrons. The van der Waals surface area contributed by atoms with Gasteiger partial charge in [0.1, 0.15) is 6.04 Å². The summed E-state index contributed by atoms with van der Waals surface area (Å²) in [5, 5.41) is 9.13. The lowest BCUT2D eigenvalue weighted by Gasteiger charge is -2.09. The number of methoxy groups -OCH3 is 1. The van der Waals surface area contributed by atoms with E-state index in [9.17, 15) is 4.79 Å². The van der Waals surface area contributed by atoms with Crippen molar-refractivity contribution in [3.05, 3.63) is 18.0 Å². The number of rotatable bonds is 5. The van der Waals surface area contributed by atoms with Crippen molar-refractivity contribution >= 4 is 5.91 Å². The van der Waals surface area contributed by atoms with Gasteiger partial charge in [-0.1, -0.05) is 0 Å². The van der Waals surface area contributed by atoms with Gasteiger partial charge in [0.15, 0.2) is 0 Å². The van der Waals surface area contributed by atoms with Crippen LogP contribution in [0.4, 0.5) is 0 Å². The second kappa shape index (κ2) is 5.36. The van der Waals surface area contributed by atoms with Crippen molar-refractivity contribution in [2.45, 2.75) is 12.6 Å². The van der Waals surface area contributed by atoms with E-state index in [4.69, 9.17) is 10.5 Å². The van der Waals surface area contributed by atoms with Crippen LogP contribution in [0.1, 0.15) is 5.69 Å². The van der Waals surface area contributed by atoms with Gasteiger partial charge in [0, 0.05) is 13.3 Å². The maximum Gasteiger partial charge on any atom is 0.239 e. The predicted octanol–water partition coefficient (Wildman–Crippen LogP) is -1.00. The molecule has 0 saturated heterocycles. The Labute approximate surface area is 81.8 Å². The molecule has 4 N–H and O–H groups in total. The Morgan fingerprint density at radius 3 is 3.21 bits per heavy atom. The third kappa shape index (κ3) is 3.15. The Morgan fingerprint density at radius 2 is 2.64 bits per heavy atom. The Balaban J connectivity index is 2.27. The quantitative estimate of drug-likeness (QED) is 0.565. The fourth-order valence-corrected chi connectivity index (χ4v) is 0.952. The number of nitrogens with one attached hydrogen (secondary N) is 2. The summed E-state index contributed by atoms with van der Waals surface area (Å²) in [6.45, 7) is 0.616. The van der Waals surface area contributed by atoms with Crippen LogP contribution in [0.15, 0.2) is 12.3 Å². The summed E-state index contributed by atoms with van der Waals surface area (Å²) < 4.78 is 4.76. The summed E-state index contributed by atoms with van der Waals surface area (Å²) in [5.41, 5.74) is 6.34. The van der Waals surface area contributed by atoms with Crippen LogP contribution in [0, 0.1) is 0 Å². The number of aromatic amines is 1. The van der Waals surface area contributed by atoms with Gasteiger partial charge in [-0.05, 0) is 6.07 Å². The number of nitrogens with zero attached hydrogens (tertiary/aromatic N) is 1. The van der Waals surface area contributed by atoms with Crippen LogP contribution in [0.3, 0.4) is 0 Å². The number of amides is 1. The maximum absolute atomic E-state index is 11.3. The summed E-state index contributed by atoms with van der Waals surface area (Å²) in [7, 11) is 1.50. The molecule has 0 aromatic carbocycles. The monoisotopic (exact) mass is 198 g/mol. The lowest BCUT2D eigenvalue weighted by molar-refractivity contribution is -0.123. The molecule has 1 heterocycles. The number of hydrogen-bond donors (Lipinski definition) is 3. The molecule has 6 heteroatoms. The topological polar surface area (TPSA) is 93.0 Å². The smallest absolute Gasteiger partial charge is 0.239 e.